The fourth-order valence-corrected chi connectivity index (χ4v) is 0.795. The minimum Gasteiger partial charge on any atom is -0.482 e. The van der Waals surface area contributed by atoms with Crippen LogP contribution in [-0.4, -0.2) is 11.1 Å². The largest absolute Gasteiger partial charge is 0.482 e. The molecule has 0 atom stereocenters. The molecular formula is C8H9O2-. The van der Waals surface area contributed by atoms with Crippen LogP contribution in [0.2, 0.25) is 0 Å². The zero-order valence-electron chi connectivity index (χ0n) is 5.74. The molecule has 10 heavy (non-hydrogen) atoms. The lowest BCUT2D eigenvalue weighted by atomic mass is 9.98. The molecule has 1 N–H and O–H groups in total. The van der Waals surface area contributed by atoms with Crippen molar-refractivity contribution in [1.29, 1.82) is 0 Å². The highest BCUT2D eigenvalue weighted by molar-refractivity contribution is 5.75. The van der Waals surface area contributed by atoms with E-state index < -0.39 is 11.9 Å². The van der Waals surface area contributed by atoms with E-state index >= 15 is 0 Å². The van der Waals surface area contributed by atoms with Crippen LogP contribution in [0.15, 0.2) is 24.3 Å². The van der Waals surface area contributed by atoms with Crippen molar-refractivity contribution in [2.45, 2.75) is 6.92 Å². The molecule has 54 valence electrons. The average Bonchev–Trinajstić information content (AvgIpc) is 1.88. The van der Waals surface area contributed by atoms with Crippen LogP contribution < -0.4 is 0 Å². The zero-order valence-corrected chi connectivity index (χ0v) is 5.74. The Labute approximate surface area is 59.9 Å². The van der Waals surface area contributed by atoms with Crippen molar-refractivity contribution in [2.75, 3.05) is 0 Å². The maximum Gasteiger partial charge on any atom is 0.290 e. The van der Waals surface area contributed by atoms with Crippen LogP contribution in [0.1, 0.15) is 6.92 Å². The number of carbonyl (C=O) groups is 1. The van der Waals surface area contributed by atoms with Gasteiger partial charge in [-0.05, 0) is 0 Å². The molecule has 0 saturated heterocycles. The predicted octanol–water partition coefficient (Wildman–Crippen LogP) is 1.41. The summed E-state index contributed by atoms with van der Waals surface area (Å²) >= 11 is 0. The minimum atomic E-state index is -0.792. The third-order valence-electron chi connectivity index (χ3n) is 1.42. The van der Waals surface area contributed by atoms with Gasteiger partial charge in [0.2, 0.25) is 0 Å². The van der Waals surface area contributed by atoms with E-state index in [1.54, 1.807) is 12.2 Å². The Balaban J connectivity index is 2.62. The van der Waals surface area contributed by atoms with E-state index in [0.29, 0.717) is 0 Å². The number of carboxylic acids is 1. The highest BCUT2D eigenvalue weighted by atomic mass is 16.4. The van der Waals surface area contributed by atoms with Gasteiger partial charge in [-0.2, -0.15) is 30.2 Å². The Morgan fingerprint density at radius 2 is 2.00 bits per heavy atom. The second-order valence-corrected chi connectivity index (χ2v) is 2.33. The molecule has 0 aliphatic heterocycles. The first-order chi connectivity index (χ1) is 4.70. The van der Waals surface area contributed by atoms with E-state index in [4.69, 9.17) is 5.11 Å². The minimum absolute atomic E-state index is 0.427. The van der Waals surface area contributed by atoms with Crippen molar-refractivity contribution >= 4 is 5.97 Å². The normalized spacial score (nSPS) is 17.9. The number of aliphatic carboxylic acids is 1. The fourth-order valence-electron chi connectivity index (χ4n) is 0.795. The van der Waals surface area contributed by atoms with Gasteiger partial charge in [0.25, 0.3) is 5.97 Å². The van der Waals surface area contributed by atoms with Gasteiger partial charge in [-0.1, -0.05) is 6.92 Å². The van der Waals surface area contributed by atoms with Crippen LogP contribution in [0.25, 0.3) is 0 Å². The summed E-state index contributed by atoms with van der Waals surface area (Å²) in [5.74, 6) is -0.124. The van der Waals surface area contributed by atoms with Crippen molar-refractivity contribution in [2.24, 2.45) is 5.92 Å². The van der Waals surface area contributed by atoms with Gasteiger partial charge in [0.1, 0.15) is 0 Å². The average molecular weight is 137 g/mol. The molecule has 0 heterocycles. The lowest BCUT2D eigenvalue weighted by Crippen LogP contribution is -2.10. The van der Waals surface area contributed by atoms with Gasteiger partial charge in [-0.25, -0.2) is 0 Å². The monoisotopic (exact) mass is 137 g/mol. The Morgan fingerprint density at radius 3 is 2.40 bits per heavy atom. The van der Waals surface area contributed by atoms with Gasteiger partial charge < -0.3 is 5.11 Å². The number of hydrogen-bond donors (Lipinski definition) is 1. The molecule has 0 bridgehead atoms. The topological polar surface area (TPSA) is 37.3 Å². The van der Waals surface area contributed by atoms with Gasteiger partial charge in [-0.15, -0.1) is 0 Å². The molecule has 2 nitrogen and oxygen atoms in total. The Hall–Kier alpha value is -1.18. The number of allylic oxidation sites excluding steroid dienone is 2. The molecule has 0 fully saturated rings. The summed E-state index contributed by atoms with van der Waals surface area (Å²) in [6.07, 6.45) is 6.99. The third kappa shape index (κ3) is 1.41. The van der Waals surface area contributed by atoms with Crippen LogP contribution in [-0.2, 0) is 4.79 Å². The molecular weight excluding hydrogens is 128 g/mol. The summed E-state index contributed by atoms with van der Waals surface area (Å²) in [4.78, 5) is 10.3. The van der Waals surface area contributed by atoms with Crippen LogP contribution in [0.5, 0.6) is 0 Å². The second-order valence-electron chi connectivity index (χ2n) is 2.33. The summed E-state index contributed by atoms with van der Waals surface area (Å²) in [5.41, 5.74) is 0. The molecule has 0 aromatic heterocycles. The van der Waals surface area contributed by atoms with Gasteiger partial charge in [0.15, 0.2) is 0 Å². The van der Waals surface area contributed by atoms with E-state index in [1.165, 1.54) is 0 Å². The SMILES string of the molecule is C[C-]1C=CC(C(=O)O)C=C1. The lowest BCUT2D eigenvalue weighted by Gasteiger charge is -2.17. The van der Waals surface area contributed by atoms with E-state index in [-0.39, 0.29) is 0 Å². The molecule has 0 aromatic carbocycles. The lowest BCUT2D eigenvalue weighted by molar-refractivity contribution is -0.138. The summed E-state index contributed by atoms with van der Waals surface area (Å²) < 4.78 is 0. The molecule has 0 unspecified atom stereocenters. The molecule has 1 rings (SSSR count). The number of rotatable bonds is 1. The highest BCUT2D eigenvalue weighted by Crippen LogP contribution is 2.14. The van der Waals surface area contributed by atoms with Crippen LogP contribution >= 0.6 is 0 Å². The summed E-state index contributed by atoms with van der Waals surface area (Å²) in [5, 5.41) is 8.51. The van der Waals surface area contributed by atoms with Gasteiger partial charge >= 0.3 is 0 Å². The first-order valence-corrected chi connectivity index (χ1v) is 3.13. The van der Waals surface area contributed by atoms with Crippen molar-refractivity contribution in [3.8, 4) is 0 Å². The third-order valence-corrected chi connectivity index (χ3v) is 1.42. The van der Waals surface area contributed by atoms with Crippen molar-refractivity contribution in [3.63, 3.8) is 0 Å². The summed E-state index contributed by atoms with van der Waals surface area (Å²) in [6.45, 7) is 1.94. The molecule has 0 radical (unpaired) electrons. The Kier molecular flexibility index (Phi) is 1.81. The smallest absolute Gasteiger partial charge is 0.290 e. The molecule has 0 amide bonds. The summed E-state index contributed by atoms with van der Waals surface area (Å²) in [7, 11) is 0. The van der Waals surface area contributed by atoms with Gasteiger partial charge in [0, 0.05) is 5.92 Å². The molecule has 1 aliphatic rings. The maximum absolute atomic E-state index is 10.3. The van der Waals surface area contributed by atoms with Gasteiger partial charge in [-0.3, -0.25) is 4.79 Å². The van der Waals surface area contributed by atoms with Crippen molar-refractivity contribution in [3.05, 3.63) is 30.2 Å². The molecule has 1 aliphatic carbocycles. The fraction of sp³-hybridized carbons (Fsp3) is 0.250. The van der Waals surface area contributed by atoms with E-state index in [2.05, 4.69) is 0 Å². The van der Waals surface area contributed by atoms with Gasteiger partial charge in [0.05, 0.1) is 0 Å². The van der Waals surface area contributed by atoms with E-state index in [0.717, 1.165) is 5.92 Å². The van der Waals surface area contributed by atoms with Crippen molar-refractivity contribution in [1.82, 2.24) is 0 Å². The van der Waals surface area contributed by atoms with E-state index in [9.17, 15) is 4.79 Å². The van der Waals surface area contributed by atoms with Crippen LogP contribution in [0, 0.1) is 11.8 Å². The van der Waals surface area contributed by atoms with Crippen molar-refractivity contribution < 1.29 is 9.90 Å². The second kappa shape index (κ2) is 2.60. The molecule has 0 saturated carbocycles. The number of hydrogen-bond acceptors (Lipinski definition) is 1. The van der Waals surface area contributed by atoms with Crippen LogP contribution in [0.4, 0.5) is 0 Å². The van der Waals surface area contributed by atoms with E-state index in [1.807, 2.05) is 19.1 Å². The quantitative estimate of drug-likeness (QED) is 0.555. The standard InChI is InChI=1S/C8H9O2/c1-6-2-4-7(5-3-6)8(9)10/h2-5,7H,1H3,(H,9,10)/q-1. The molecule has 2 heteroatoms. The summed E-state index contributed by atoms with van der Waals surface area (Å²) in [6, 6.07) is 0. The Morgan fingerprint density at radius 1 is 1.50 bits per heavy atom. The maximum atomic E-state index is 10.3. The zero-order chi connectivity index (χ0) is 7.56. The number of carboxylic acid groups (broad SMARTS) is 1. The highest BCUT2D eigenvalue weighted by Gasteiger charge is 2.04. The predicted molar refractivity (Wildman–Crippen MR) is 38.3 cm³/mol. The Bertz CT molecular complexity index is 177. The molecule has 0 aromatic rings. The molecule has 0 spiro atoms. The first kappa shape index (κ1) is 6.93. The van der Waals surface area contributed by atoms with Crippen LogP contribution in [0.3, 0.4) is 0 Å². The first-order valence-electron chi connectivity index (χ1n) is 3.13.